The van der Waals surface area contributed by atoms with Crippen LogP contribution >= 0.6 is 11.3 Å². The van der Waals surface area contributed by atoms with Gasteiger partial charge in [0.2, 0.25) is 5.13 Å². The van der Waals surface area contributed by atoms with Gasteiger partial charge in [0.15, 0.2) is 0 Å². The number of unbranched alkanes of at least 4 members (excludes halogenated alkanes) is 1. The van der Waals surface area contributed by atoms with E-state index in [1.165, 1.54) is 28.4 Å². The molecule has 0 aliphatic carbocycles. The smallest absolute Gasteiger partial charge is 0.263 e. The van der Waals surface area contributed by atoms with Crippen LogP contribution in [0.5, 0.6) is 5.75 Å². The number of allylic oxidation sites excluding steroid dienone is 1. The van der Waals surface area contributed by atoms with Gasteiger partial charge in [-0.15, -0.1) is 10.2 Å². The van der Waals surface area contributed by atoms with E-state index < -0.39 is 11.7 Å². The first-order valence-electron chi connectivity index (χ1n) is 12.2. The van der Waals surface area contributed by atoms with Crippen LogP contribution in [-0.4, -0.2) is 42.0 Å². The maximum Gasteiger partial charge on any atom is 0.263 e. The zero-order chi connectivity index (χ0) is 27.5. The SMILES string of the molecule is CCCCN(C(=O)c1ccccc1F)c1nnc(-c2cc(C)c(OCCN=CC=C(NN)NN)c(C)c2)s1. The van der Waals surface area contributed by atoms with Crippen molar-refractivity contribution >= 4 is 28.6 Å². The zero-order valence-corrected chi connectivity index (χ0v) is 22.5. The average molecular weight is 541 g/mol. The second kappa shape index (κ2) is 14.2. The van der Waals surface area contributed by atoms with Gasteiger partial charge in [0.1, 0.15) is 29.0 Å². The van der Waals surface area contributed by atoms with Crippen molar-refractivity contribution in [2.45, 2.75) is 33.6 Å². The maximum atomic E-state index is 14.3. The highest BCUT2D eigenvalue weighted by Gasteiger charge is 2.24. The third-order valence-corrected chi connectivity index (χ3v) is 6.56. The number of anilines is 1. The van der Waals surface area contributed by atoms with Crippen molar-refractivity contribution < 1.29 is 13.9 Å². The Hall–Kier alpha value is -3.87. The molecule has 38 heavy (non-hydrogen) atoms. The number of ether oxygens (including phenoxy) is 1. The van der Waals surface area contributed by atoms with Crippen molar-refractivity contribution in [3.63, 3.8) is 0 Å². The van der Waals surface area contributed by atoms with E-state index in [0.717, 1.165) is 35.3 Å². The van der Waals surface area contributed by atoms with Gasteiger partial charge >= 0.3 is 0 Å². The van der Waals surface area contributed by atoms with Gasteiger partial charge in [0.05, 0.1) is 12.1 Å². The van der Waals surface area contributed by atoms with E-state index in [9.17, 15) is 9.18 Å². The van der Waals surface area contributed by atoms with Crippen LogP contribution in [0.3, 0.4) is 0 Å². The summed E-state index contributed by atoms with van der Waals surface area (Å²) >= 11 is 1.30. The van der Waals surface area contributed by atoms with Gasteiger partial charge < -0.3 is 15.6 Å². The molecule has 1 amide bonds. The van der Waals surface area contributed by atoms with Crippen molar-refractivity contribution in [2.75, 3.05) is 24.6 Å². The predicted molar refractivity (Wildman–Crippen MR) is 149 cm³/mol. The fraction of sp³-hybridized carbons (Fsp3) is 0.308. The molecule has 1 heterocycles. The van der Waals surface area contributed by atoms with Crippen LogP contribution in [0.15, 0.2) is 53.3 Å². The van der Waals surface area contributed by atoms with Crippen molar-refractivity contribution in [1.82, 2.24) is 21.0 Å². The summed E-state index contributed by atoms with van der Waals surface area (Å²) in [5.74, 6) is 10.8. The molecule has 0 unspecified atom stereocenters. The number of halogens is 1. The van der Waals surface area contributed by atoms with Crippen LogP contribution in [0.1, 0.15) is 41.3 Å². The predicted octanol–water partition coefficient (Wildman–Crippen LogP) is 3.63. The number of aliphatic imine (C=N–C) groups is 1. The number of rotatable bonds is 13. The number of aryl methyl sites for hydroxylation is 2. The molecule has 0 spiro atoms. The minimum Gasteiger partial charge on any atom is -0.491 e. The molecule has 202 valence electrons. The average Bonchev–Trinajstić information content (AvgIpc) is 3.40. The molecule has 0 bridgehead atoms. The Balaban J connectivity index is 1.74. The molecule has 3 aromatic rings. The largest absolute Gasteiger partial charge is 0.491 e. The topological polar surface area (TPSA) is 144 Å². The Morgan fingerprint density at radius 1 is 1.18 bits per heavy atom. The molecule has 2 aromatic carbocycles. The van der Waals surface area contributed by atoms with E-state index in [1.807, 2.05) is 32.9 Å². The molecular weight excluding hydrogens is 507 g/mol. The summed E-state index contributed by atoms with van der Waals surface area (Å²) in [7, 11) is 0. The molecule has 3 rings (SSSR count). The number of benzene rings is 2. The maximum absolute atomic E-state index is 14.3. The Labute approximate surface area is 225 Å². The van der Waals surface area contributed by atoms with E-state index >= 15 is 0 Å². The summed E-state index contributed by atoms with van der Waals surface area (Å²) < 4.78 is 20.3. The lowest BCUT2D eigenvalue weighted by Crippen LogP contribution is -2.35. The normalized spacial score (nSPS) is 10.9. The van der Waals surface area contributed by atoms with E-state index in [0.29, 0.717) is 35.7 Å². The number of carbonyl (C=O) groups is 1. The van der Waals surface area contributed by atoms with Crippen molar-refractivity contribution in [2.24, 2.45) is 16.7 Å². The zero-order valence-electron chi connectivity index (χ0n) is 21.7. The summed E-state index contributed by atoms with van der Waals surface area (Å²) in [4.78, 5) is 18.9. The minimum atomic E-state index is -0.558. The molecule has 0 aliphatic rings. The van der Waals surface area contributed by atoms with Crippen LogP contribution < -0.4 is 32.2 Å². The third kappa shape index (κ3) is 7.34. The van der Waals surface area contributed by atoms with E-state index in [1.54, 1.807) is 24.4 Å². The lowest BCUT2D eigenvalue weighted by atomic mass is 10.1. The summed E-state index contributed by atoms with van der Waals surface area (Å²) in [5.41, 5.74) is 7.54. The quantitative estimate of drug-likeness (QED) is 0.111. The van der Waals surface area contributed by atoms with E-state index in [-0.39, 0.29) is 5.56 Å². The Kier molecular flexibility index (Phi) is 10.7. The van der Waals surface area contributed by atoms with Crippen LogP contribution in [0.4, 0.5) is 9.52 Å². The Morgan fingerprint density at radius 3 is 2.55 bits per heavy atom. The van der Waals surface area contributed by atoms with Crippen LogP contribution in [-0.2, 0) is 0 Å². The number of nitrogens with zero attached hydrogens (tertiary/aromatic N) is 4. The first kappa shape index (κ1) is 28.7. The van der Waals surface area contributed by atoms with E-state index in [4.69, 9.17) is 16.4 Å². The summed E-state index contributed by atoms with van der Waals surface area (Å²) in [5, 5.41) is 9.71. The van der Waals surface area contributed by atoms with Gasteiger partial charge in [0.25, 0.3) is 5.91 Å². The van der Waals surface area contributed by atoms with Crippen molar-refractivity contribution in [1.29, 1.82) is 0 Å². The van der Waals surface area contributed by atoms with E-state index in [2.05, 4.69) is 26.0 Å². The third-order valence-electron chi connectivity index (χ3n) is 5.56. The van der Waals surface area contributed by atoms with Gasteiger partial charge in [-0.05, 0) is 61.7 Å². The molecule has 0 aliphatic heterocycles. The highest BCUT2D eigenvalue weighted by molar-refractivity contribution is 7.18. The first-order chi connectivity index (χ1) is 18.4. The summed E-state index contributed by atoms with van der Waals surface area (Å²) in [6.45, 7) is 7.21. The van der Waals surface area contributed by atoms with Crippen LogP contribution in [0.25, 0.3) is 10.6 Å². The molecule has 12 heteroatoms. The molecule has 10 nitrogen and oxygen atoms in total. The first-order valence-corrected chi connectivity index (χ1v) is 13.0. The number of hydrogen-bond donors (Lipinski definition) is 4. The lowest BCUT2D eigenvalue weighted by molar-refractivity contribution is 0.0982. The van der Waals surface area contributed by atoms with Gasteiger partial charge in [-0.2, -0.15) is 0 Å². The molecule has 0 saturated heterocycles. The van der Waals surface area contributed by atoms with Crippen LogP contribution in [0, 0.1) is 19.7 Å². The number of amides is 1. The molecule has 0 saturated carbocycles. The lowest BCUT2D eigenvalue weighted by Gasteiger charge is -2.19. The standard InChI is InChI=1S/C26H33FN8O2S/c1-4-5-13-35(25(36)20-8-6-7-9-21(20)27)26-34-33-24(38-26)19-15-17(2)23(18(3)16-19)37-14-12-30-11-10-22(31-28)32-29/h6-11,15-16,31-32H,4-5,12-14,28-29H2,1-3H3. The number of hydrogen-bond acceptors (Lipinski definition) is 10. The number of nitrogens with one attached hydrogen (secondary N) is 2. The molecular formula is C26H33FN8O2S. The van der Waals surface area contributed by atoms with Gasteiger partial charge in [-0.3, -0.25) is 14.7 Å². The molecule has 0 radical (unpaired) electrons. The second-order valence-electron chi connectivity index (χ2n) is 8.39. The second-order valence-corrected chi connectivity index (χ2v) is 9.35. The number of carbonyl (C=O) groups excluding carboxylic acids is 1. The number of hydrazine groups is 2. The van der Waals surface area contributed by atoms with Gasteiger partial charge in [0, 0.05) is 18.3 Å². The molecule has 0 atom stereocenters. The highest BCUT2D eigenvalue weighted by atomic mass is 32.1. The highest BCUT2D eigenvalue weighted by Crippen LogP contribution is 2.34. The molecule has 1 aromatic heterocycles. The minimum absolute atomic E-state index is 0.0152. The van der Waals surface area contributed by atoms with Crippen molar-refractivity contribution in [3.8, 4) is 16.3 Å². The molecule has 6 N–H and O–H groups in total. The summed E-state index contributed by atoms with van der Waals surface area (Å²) in [6.07, 6.45) is 4.82. The van der Waals surface area contributed by atoms with Gasteiger partial charge in [-0.1, -0.05) is 36.8 Å². The Bertz CT molecular complexity index is 1260. The fourth-order valence-electron chi connectivity index (χ4n) is 3.66. The van der Waals surface area contributed by atoms with Crippen molar-refractivity contribution in [3.05, 3.63) is 70.8 Å². The molecule has 0 fully saturated rings. The monoisotopic (exact) mass is 540 g/mol. The number of nitrogens with two attached hydrogens (primary N) is 2. The van der Waals surface area contributed by atoms with Crippen LogP contribution in [0.2, 0.25) is 0 Å². The Morgan fingerprint density at radius 2 is 1.89 bits per heavy atom. The number of aromatic nitrogens is 2. The summed E-state index contributed by atoms with van der Waals surface area (Å²) in [6, 6.07) is 9.92. The van der Waals surface area contributed by atoms with Gasteiger partial charge in [-0.25, -0.2) is 16.1 Å². The fourth-order valence-corrected chi connectivity index (χ4v) is 4.52.